The van der Waals surface area contributed by atoms with Crippen LogP contribution in [0, 0.1) is 11.8 Å². The van der Waals surface area contributed by atoms with E-state index < -0.39 is 24.0 Å². The molecule has 10 nitrogen and oxygen atoms in total. The second-order valence-electron chi connectivity index (χ2n) is 9.99. The number of fused-ring (bicyclic) bond motifs is 3. The van der Waals surface area contributed by atoms with Crippen LogP contribution < -0.4 is 10.6 Å². The number of amides is 2. The fourth-order valence-corrected chi connectivity index (χ4v) is 4.31. The third kappa shape index (κ3) is 7.01. The lowest BCUT2D eigenvalue weighted by Gasteiger charge is -2.27. The van der Waals surface area contributed by atoms with Gasteiger partial charge in [-0.05, 0) is 57.9 Å². The van der Waals surface area contributed by atoms with Crippen molar-refractivity contribution in [1.82, 2.24) is 20.2 Å². The Balaban J connectivity index is 1.31. The topological polar surface area (TPSA) is 124 Å². The van der Waals surface area contributed by atoms with E-state index in [0.717, 1.165) is 27.5 Å². The maximum atomic E-state index is 12.7. The van der Waals surface area contributed by atoms with Crippen LogP contribution in [0.25, 0.3) is 21.9 Å². The molecule has 202 valence electrons. The SMILES string of the molecule is CC(C)(C)OC(=O)NCCOCCOCC#Cc1ccc2c3cccnc3n(C3CCC(O)NC3=O)c2c1. The van der Waals surface area contributed by atoms with Gasteiger partial charge in [0.2, 0.25) is 5.91 Å². The van der Waals surface area contributed by atoms with E-state index in [4.69, 9.17) is 14.2 Å². The molecule has 3 aromatic rings. The highest BCUT2D eigenvalue weighted by Crippen LogP contribution is 2.34. The first-order valence-electron chi connectivity index (χ1n) is 12.7. The van der Waals surface area contributed by atoms with Crippen molar-refractivity contribution < 1.29 is 28.9 Å². The number of nitrogens with zero attached hydrogens (tertiary/aromatic N) is 2. The lowest BCUT2D eigenvalue weighted by atomic mass is 10.0. The molecule has 0 spiro atoms. The van der Waals surface area contributed by atoms with Gasteiger partial charge < -0.3 is 34.5 Å². The number of rotatable bonds is 8. The minimum atomic E-state index is -0.819. The number of aliphatic hydroxyl groups excluding tert-OH is 1. The number of aromatic nitrogens is 2. The largest absolute Gasteiger partial charge is 0.444 e. The van der Waals surface area contributed by atoms with E-state index in [9.17, 15) is 14.7 Å². The van der Waals surface area contributed by atoms with Crippen LogP contribution in [-0.4, -0.2) is 71.5 Å². The van der Waals surface area contributed by atoms with Crippen molar-refractivity contribution in [3.63, 3.8) is 0 Å². The standard InChI is InChI=1S/C28H34N4O6/c1-28(2,3)38-27(35)30-13-15-37-17-16-36-14-5-6-19-8-9-20-21-7-4-12-29-25(21)32(23(20)18-19)22-10-11-24(33)31-26(22)34/h4,7-9,12,18,22,24,33H,10-11,13-17H2,1-3H3,(H,30,35)(H,31,34). The van der Waals surface area contributed by atoms with Crippen LogP contribution in [-0.2, 0) is 19.0 Å². The Kier molecular flexibility index (Phi) is 8.84. The number of alkyl carbamates (subject to hydrolysis) is 1. The minimum Gasteiger partial charge on any atom is -0.444 e. The number of benzene rings is 1. The van der Waals surface area contributed by atoms with Crippen molar-refractivity contribution in [2.75, 3.05) is 33.0 Å². The molecular formula is C28H34N4O6. The van der Waals surface area contributed by atoms with Crippen molar-refractivity contribution >= 4 is 33.9 Å². The highest BCUT2D eigenvalue weighted by Gasteiger charge is 2.30. The maximum Gasteiger partial charge on any atom is 0.407 e. The van der Waals surface area contributed by atoms with Gasteiger partial charge in [-0.2, -0.15) is 0 Å². The predicted molar refractivity (Wildman–Crippen MR) is 142 cm³/mol. The molecule has 2 aromatic heterocycles. The van der Waals surface area contributed by atoms with E-state index in [1.165, 1.54) is 0 Å². The maximum absolute atomic E-state index is 12.7. The normalized spacial score (nSPS) is 17.6. The quantitative estimate of drug-likeness (QED) is 0.307. The Morgan fingerprint density at radius 3 is 2.79 bits per heavy atom. The summed E-state index contributed by atoms with van der Waals surface area (Å²) in [5, 5.41) is 17.0. The third-order valence-electron chi connectivity index (χ3n) is 5.89. The predicted octanol–water partition coefficient (Wildman–Crippen LogP) is 2.87. The van der Waals surface area contributed by atoms with E-state index in [0.29, 0.717) is 39.2 Å². The number of piperidine rings is 1. The summed E-state index contributed by atoms with van der Waals surface area (Å²) in [6, 6.07) is 9.31. The number of carbonyl (C=O) groups is 2. The zero-order valence-electron chi connectivity index (χ0n) is 22.0. The highest BCUT2D eigenvalue weighted by molar-refractivity contribution is 6.08. The number of ether oxygens (including phenoxy) is 3. The first-order valence-corrected chi connectivity index (χ1v) is 12.7. The van der Waals surface area contributed by atoms with Crippen LogP contribution in [0.15, 0.2) is 36.5 Å². The van der Waals surface area contributed by atoms with Crippen molar-refractivity contribution in [3.05, 3.63) is 42.1 Å². The second-order valence-corrected chi connectivity index (χ2v) is 9.99. The Bertz CT molecular complexity index is 1350. The van der Waals surface area contributed by atoms with Gasteiger partial charge in [-0.3, -0.25) is 4.79 Å². The van der Waals surface area contributed by atoms with Gasteiger partial charge in [0.15, 0.2) is 0 Å². The summed E-state index contributed by atoms with van der Waals surface area (Å²) >= 11 is 0. The van der Waals surface area contributed by atoms with E-state index in [1.54, 1.807) is 6.20 Å². The number of carbonyl (C=O) groups excluding carboxylic acids is 2. The number of hydrogen-bond donors (Lipinski definition) is 3. The molecule has 1 aromatic carbocycles. The van der Waals surface area contributed by atoms with E-state index in [1.807, 2.05) is 55.7 Å². The van der Waals surface area contributed by atoms with Crippen molar-refractivity contribution in [3.8, 4) is 11.8 Å². The fourth-order valence-electron chi connectivity index (χ4n) is 4.31. The van der Waals surface area contributed by atoms with Gasteiger partial charge in [0.05, 0.1) is 25.3 Å². The molecule has 2 unspecified atom stereocenters. The average Bonchev–Trinajstić information content (AvgIpc) is 3.18. The van der Waals surface area contributed by atoms with Gasteiger partial charge in [0, 0.05) is 29.1 Å². The van der Waals surface area contributed by atoms with Crippen LogP contribution in [0.2, 0.25) is 0 Å². The van der Waals surface area contributed by atoms with Crippen molar-refractivity contribution in [2.24, 2.45) is 0 Å². The minimum absolute atomic E-state index is 0.221. The molecule has 10 heteroatoms. The molecule has 2 atom stereocenters. The summed E-state index contributed by atoms with van der Waals surface area (Å²) in [5.74, 6) is 5.91. The zero-order valence-corrected chi connectivity index (χ0v) is 22.0. The molecule has 0 aliphatic carbocycles. The monoisotopic (exact) mass is 522 g/mol. The first kappa shape index (κ1) is 27.4. The van der Waals surface area contributed by atoms with Gasteiger partial charge in [-0.1, -0.05) is 17.9 Å². The fraction of sp³-hybridized carbons (Fsp3) is 0.464. The van der Waals surface area contributed by atoms with Crippen LogP contribution in [0.1, 0.15) is 45.2 Å². The van der Waals surface area contributed by atoms with Crippen LogP contribution in [0.5, 0.6) is 0 Å². The molecular weight excluding hydrogens is 488 g/mol. The Hall–Kier alpha value is -3.65. The summed E-state index contributed by atoms with van der Waals surface area (Å²) in [6.45, 7) is 7.14. The number of aliphatic hydroxyl groups is 1. The van der Waals surface area contributed by atoms with Crippen LogP contribution >= 0.6 is 0 Å². The smallest absolute Gasteiger partial charge is 0.407 e. The number of hydrogen-bond acceptors (Lipinski definition) is 7. The van der Waals surface area contributed by atoms with Gasteiger partial charge in [-0.15, -0.1) is 0 Å². The molecule has 3 heterocycles. The molecule has 38 heavy (non-hydrogen) atoms. The Morgan fingerprint density at radius 2 is 2.00 bits per heavy atom. The second kappa shape index (κ2) is 12.3. The van der Waals surface area contributed by atoms with E-state index in [-0.39, 0.29) is 12.5 Å². The van der Waals surface area contributed by atoms with Crippen molar-refractivity contribution in [2.45, 2.75) is 51.5 Å². The van der Waals surface area contributed by atoms with Gasteiger partial charge in [0.1, 0.15) is 30.1 Å². The summed E-state index contributed by atoms with van der Waals surface area (Å²) in [6.07, 6.45) is 1.42. The van der Waals surface area contributed by atoms with Gasteiger partial charge in [-0.25, -0.2) is 9.78 Å². The lowest BCUT2D eigenvalue weighted by Crippen LogP contribution is -2.44. The van der Waals surface area contributed by atoms with Crippen molar-refractivity contribution in [1.29, 1.82) is 0 Å². The number of pyridine rings is 1. The molecule has 0 bridgehead atoms. The molecule has 3 N–H and O–H groups in total. The van der Waals surface area contributed by atoms with Gasteiger partial charge in [0.25, 0.3) is 0 Å². The summed E-state index contributed by atoms with van der Waals surface area (Å²) in [4.78, 5) is 28.8. The molecule has 1 fully saturated rings. The lowest BCUT2D eigenvalue weighted by molar-refractivity contribution is -0.130. The number of nitrogens with one attached hydrogen (secondary N) is 2. The molecule has 0 saturated carbocycles. The molecule has 0 radical (unpaired) electrons. The summed E-state index contributed by atoms with van der Waals surface area (Å²) in [5.41, 5.74) is 1.87. The average molecular weight is 523 g/mol. The van der Waals surface area contributed by atoms with Gasteiger partial charge >= 0.3 is 6.09 Å². The van der Waals surface area contributed by atoms with Crippen LogP contribution in [0.3, 0.4) is 0 Å². The molecule has 1 aliphatic rings. The molecule has 4 rings (SSSR count). The first-order chi connectivity index (χ1) is 18.2. The van der Waals surface area contributed by atoms with Crippen LogP contribution in [0.4, 0.5) is 4.79 Å². The molecule has 1 saturated heterocycles. The summed E-state index contributed by atoms with van der Waals surface area (Å²) < 4.78 is 18.1. The molecule has 2 amide bonds. The Labute approximate surface area is 221 Å². The van der Waals surface area contributed by atoms with E-state index >= 15 is 0 Å². The Morgan fingerprint density at radius 1 is 1.18 bits per heavy atom. The zero-order chi connectivity index (χ0) is 27.1. The highest BCUT2D eigenvalue weighted by atomic mass is 16.6. The molecule has 1 aliphatic heterocycles. The third-order valence-corrected chi connectivity index (χ3v) is 5.89. The van der Waals surface area contributed by atoms with E-state index in [2.05, 4.69) is 27.5 Å². The summed E-state index contributed by atoms with van der Waals surface area (Å²) in [7, 11) is 0.